The van der Waals surface area contributed by atoms with Crippen molar-refractivity contribution in [1.82, 2.24) is 5.32 Å². The van der Waals surface area contributed by atoms with Gasteiger partial charge in [-0.15, -0.1) is 0 Å². The van der Waals surface area contributed by atoms with Crippen molar-refractivity contribution in [2.24, 2.45) is 0 Å². The largest absolute Gasteiger partial charge is 0.494 e. The third-order valence-corrected chi connectivity index (χ3v) is 3.14. The predicted octanol–water partition coefficient (Wildman–Crippen LogP) is 3.08. The van der Waals surface area contributed by atoms with Crippen LogP contribution in [0.4, 0.5) is 14.9 Å². The van der Waals surface area contributed by atoms with Crippen LogP contribution in [0.2, 0.25) is 0 Å². The highest BCUT2D eigenvalue weighted by Crippen LogP contribution is 2.17. The molecule has 0 aromatic heterocycles. The fourth-order valence-electron chi connectivity index (χ4n) is 2.02. The molecule has 23 heavy (non-hydrogen) atoms. The lowest BCUT2D eigenvalue weighted by Gasteiger charge is -2.13. The van der Waals surface area contributed by atoms with Crippen LogP contribution >= 0.6 is 0 Å². The summed E-state index contributed by atoms with van der Waals surface area (Å²) < 4.78 is 18.8. The molecular weight excluding hydrogens is 299 g/mol. The number of halogens is 1. The first-order chi connectivity index (χ1) is 11.1. The van der Waals surface area contributed by atoms with Gasteiger partial charge in [-0.1, -0.05) is 18.2 Å². The van der Waals surface area contributed by atoms with E-state index in [1.165, 1.54) is 18.2 Å². The third kappa shape index (κ3) is 4.96. The van der Waals surface area contributed by atoms with Gasteiger partial charge in [0.2, 0.25) is 0 Å². The van der Waals surface area contributed by atoms with Gasteiger partial charge in [0.1, 0.15) is 11.6 Å². The van der Waals surface area contributed by atoms with Gasteiger partial charge in [0.05, 0.1) is 12.7 Å². The molecular formula is C17H19FN2O3. The number of urea groups is 1. The SMILES string of the molecule is CCOc1ccc(NC(=O)NC[C@H](O)c2ccccc2F)cc1. The molecule has 3 N–H and O–H groups in total. The lowest BCUT2D eigenvalue weighted by molar-refractivity contribution is 0.170. The highest BCUT2D eigenvalue weighted by atomic mass is 19.1. The van der Waals surface area contributed by atoms with Gasteiger partial charge in [-0.3, -0.25) is 0 Å². The Hall–Kier alpha value is -2.60. The topological polar surface area (TPSA) is 70.6 Å². The van der Waals surface area contributed by atoms with Gasteiger partial charge in [-0.05, 0) is 37.3 Å². The maximum Gasteiger partial charge on any atom is 0.319 e. The van der Waals surface area contributed by atoms with Crippen molar-refractivity contribution < 1.29 is 19.0 Å². The maximum absolute atomic E-state index is 13.5. The van der Waals surface area contributed by atoms with Crippen molar-refractivity contribution in [1.29, 1.82) is 0 Å². The monoisotopic (exact) mass is 318 g/mol. The molecule has 122 valence electrons. The molecule has 1 atom stereocenters. The van der Waals surface area contributed by atoms with E-state index in [4.69, 9.17) is 4.74 Å². The summed E-state index contributed by atoms with van der Waals surface area (Å²) in [5.74, 6) is 0.210. The summed E-state index contributed by atoms with van der Waals surface area (Å²) in [6.45, 7) is 2.37. The van der Waals surface area contributed by atoms with E-state index in [0.29, 0.717) is 18.0 Å². The van der Waals surface area contributed by atoms with Gasteiger partial charge in [-0.25, -0.2) is 9.18 Å². The van der Waals surface area contributed by atoms with Crippen molar-refractivity contribution >= 4 is 11.7 Å². The summed E-state index contributed by atoms with van der Waals surface area (Å²) in [4.78, 5) is 11.8. The summed E-state index contributed by atoms with van der Waals surface area (Å²) in [5, 5.41) is 15.0. The van der Waals surface area contributed by atoms with Gasteiger partial charge >= 0.3 is 6.03 Å². The average Bonchev–Trinajstić information content (AvgIpc) is 2.55. The standard InChI is InChI=1S/C17H19FN2O3/c1-2-23-13-9-7-12(8-10-13)20-17(22)19-11-16(21)14-5-3-4-6-15(14)18/h3-10,16,21H,2,11H2,1H3,(H2,19,20,22)/t16-/m0/s1. The van der Waals surface area contributed by atoms with Crippen molar-refractivity contribution in [2.45, 2.75) is 13.0 Å². The van der Waals surface area contributed by atoms with E-state index in [2.05, 4.69) is 10.6 Å². The molecule has 2 amide bonds. The average molecular weight is 318 g/mol. The minimum atomic E-state index is -1.11. The van der Waals surface area contributed by atoms with E-state index in [9.17, 15) is 14.3 Å². The number of carbonyl (C=O) groups excluding carboxylic acids is 1. The number of aliphatic hydroxyl groups excluding tert-OH is 1. The minimum absolute atomic E-state index is 0.0935. The van der Waals surface area contributed by atoms with Crippen LogP contribution in [0, 0.1) is 5.82 Å². The van der Waals surface area contributed by atoms with E-state index < -0.39 is 18.0 Å². The van der Waals surface area contributed by atoms with Crippen LogP contribution in [0.15, 0.2) is 48.5 Å². The van der Waals surface area contributed by atoms with E-state index in [0.717, 1.165) is 0 Å². The molecule has 0 spiro atoms. The second-order valence-electron chi connectivity index (χ2n) is 4.83. The number of ether oxygens (including phenoxy) is 1. The molecule has 0 heterocycles. The van der Waals surface area contributed by atoms with Crippen molar-refractivity contribution in [3.63, 3.8) is 0 Å². The Kier molecular flexibility index (Phi) is 5.94. The van der Waals surface area contributed by atoms with Gasteiger partial charge in [0, 0.05) is 17.8 Å². The van der Waals surface area contributed by atoms with Crippen LogP contribution in [0.5, 0.6) is 5.75 Å². The Morgan fingerprint density at radius 2 is 1.91 bits per heavy atom. The van der Waals surface area contributed by atoms with Gasteiger partial charge in [0.25, 0.3) is 0 Å². The second kappa shape index (κ2) is 8.14. The van der Waals surface area contributed by atoms with Crippen LogP contribution in [0.3, 0.4) is 0 Å². The van der Waals surface area contributed by atoms with E-state index in [-0.39, 0.29) is 12.1 Å². The molecule has 2 aromatic rings. The molecule has 0 aliphatic rings. The van der Waals surface area contributed by atoms with Crippen molar-refractivity contribution in [3.8, 4) is 5.75 Å². The van der Waals surface area contributed by atoms with Crippen LogP contribution in [0.1, 0.15) is 18.6 Å². The van der Waals surface area contributed by atoms with Crippen molar-refractivity contribution in [3.05, 3.63) is 59.9 Å². The Bertz CT molecular complexity index is 647. The number of benzene rings is 2. The van der Waals surface area contributed by atoms with E-state index >= 15 is 0 Å². The fraction of sp³-hybridized carbons (Fsp3) is 0.235. The first-order valence-corrected chi connectivity index (χ1v) is 7.30. The lowest BCUT2D eigenvalue weighted by atomic mass is 10.1. The highest BCUT2D eigenvalue weighted by Gasteiger charge is 2.13. The number of carbonyl (C=O) groups is 1. The Labute approximate surface area is 134 Å². The quantitative estimate of drug-likeness (QED) is 0.766. The molecule has 0 bridgehead atoms. The van der Waals surface area contributed by atoms with Crippen LogP contribution in [-0.4, -0.2) is 24.3 Å². The highest BCUT2D eigenvalue weighted by molar-refractivity contribution is 5.89. The molecule has 2 rings (SSSR count). The summed E-state index contributed by atoms with van der Waals surface area (Å²) in [6, 6.07) is 12.3. The number of hydrogen-bond acceptors (Lipinski definition) is 3. The molecule has 2 aromatic carbocycles. The summed E-state index contributed by atoms with van der Waals surface area (Å²) in [7, 11) is 0. The predicted molar refractivity (Wildman–Crippen MR) is 86.0 cm³/mol. The Morgan fingerprint density at radius 1 is 1.22 bits per heavy atom. The smallest absolute Gasteiger partial charge is 0.319 e. The number of nitrogens with one attached hydrogen (secondary N) is 2. The van der Waals surface area contributed by atoms with Crippen LogP contribution in [0.25, 0.3) is 0 Å². The molecule has 0 aliphatic heterocycles. The zero-order valence-electron chi connectivity index (χ0n) is 12.8. The number of hydrogen-bond donors (Lipinski definition) is 3. The number of anilines is 1. The molecule has 0 unspecified atom stereocenters. The second-order valence-corrected chi connectivity index (χ2v) is 4.83. The molecule has 5 nitrogen and oxygen atoms in total. The van der Waals surface area contributed by atoms with Crippen molar-refractivity contribution in [2.75, 3.05) is 18.5 Å². The summed E-state index contributed by atoms with van der Waals surface area (Å²) in [5.41, 5.74) is 0.736. The Balaban J connectivity index is 1.84. The number of aliphatic hydroxyl groups is 1. The van der Waals surface area contributed by atoms with E-state index in [1.807, 2.05) is 6.92 Å². The zero-order valence-corrected chi connectivity index (χ0v) is 12.8. The Morgan fingerprint density at radius 3 is 2.57 bits per heavy atom. The van der Waals surface area contributed by atoms with Gasteiger partial charge in [0.15, 0.2) is 0 Å². The molecule has 0 aliphatic carbocycles. The first-order valence-electron chi connectivity index (χ1n) is 7.30. The molecule has 0 saturated carbocycles. The van der Waals surface area contributed by atoms with Crippen LogP contribution in [-0.2, 0) is 0 Å². The number of amides is 2. The normalized spacial score (nSPS) is 11.6. The zero-order chi connectivity index (χ0) is 16.7. The lowest BCUT2D eigenvalue weighted by Crippen LogP contribution is -2.32. The fourth-order valence-corrected chi connectivity index (χ4v) is 2.02. The number of rotatable bonds is 6. The first kappa shape index (κ1) is 16.8. The minimum Gasteiger partial charge on any atom is -0.494 e. The van der Waals surface area contributed by atoms with E-state index in [1.54, 1.807) is 30.3 Å². The summed E-state index contributed by atoms with van der Waals surface area (Å²) >= 11 is 0. The molecule has 6 heteroatoms. The summed E-state index contributed by atoms with van der Waals surface area (Å²) in [6.07, 6.45) is -1.11. The molecule has 0 fully saturated rings. The molecule has 0 saturated heterocycles. The molecule has 0 radical (unpaired) electrons. The van der Waals surface area contributed by atoms with Gasteiger partial charge < -0.3 is 20.5 Å². The van der Waals surface area contributed by atoms with Gasteiger partial charge in [-0.2, -0.15) is 0 Å². The maximum atomic E-state index is 13.5. The van der Waals surface area contributed by atoms with Crippen LogP contribution < -0.4 is 15.4 Å². The third-order valence-electron chi connectivity index (χ3n) is 3.14.